The molecule has 0 bridgehead atoms. The highest BCUT2D eigenvalue weighted by Gasteiger charge is 2.13. The number of sulfonamides is 1. The number of halogens is 1. The van der Waals surface area contributed by atoms with Gasteiger partial charge in [-0.05, 0) is 25.3 Å². The van der Waals surface area contributed by atoms with Crippen LogP contribution in [-0.4, -0.2) is 45.5 Å². The average Bonchev–Trinajstić information content (AvgIpc) is 3.23. The number of hydrogen-bond acceptors (Lipinski definition) is 6. The monoisotopic (exact) mass is 529 g/mol. The summed E-state index contributed by atoms with van der Waals surface area (Å²) in [6.45, 7) is 6.10. The SMILES string of the molecule is CCNC(=NCCNS(=O)(=O)c1cccs1)NCCc1ncc(C)s1.I. The van der Waals surface area contributed by atoms with Crippen LogP contribution in [0.1, 0.15) is 16.8 Å². The van der Waals surface area contributed by atoms with Crippen LogP contribution < -0.4 is 15.4 Å². The van der Waals surface area contributed by atoms with Crippen molar-refractivity contribution in [1.29, 1.82) is 0 Å². The van der Waals surface area contributed by atoms with Gasteiger partial charge in [-0.1, -0.05) is 6.07 Å². The molecule has 3 N–H and O–H groups in total. The molecule has 146 valence electrons. The van der Waals surface area contributed by atoms with E-state index in [1.165, 1.54) is 16.2 Å². The largest absolute Gasteiger partial charge is 0.357 e. The van der Waals surface area contributed by atoms with Gasteiger partial charge in [0.1, 0.15) is 4.21 Å². The van der Waals surface area contributed by atoms with Crippen molar-refractivity contribution in [3.8, 4) is 0 Å². The Labute approximate surface area is 179 Å². The Bertz CT molecular complexity index is 775. The van der Waals surface area contributed by atoms with Gasteiger partial charge in [0.2, 0.25) is 10.0 Å². The van der Waals surface area contributed by atoms with E-state index in [2.05, 4.69) is 25.3 Å². The molecule has 2 aromatic rings. The van der Waals surface area contributed by atoms with Crippen LogP contribution in [-0.2, 0) is 16.4 Å². The third kappa shape index (κ3) is 7.86. The van der Waals surface area contributed by atoms with Gasteiger partial charge in [0.15, 0.2) is 5.96 Å². The fraction of sp³-hybridized carbons (Fsp3) is 0.467. The van der Waals surface area contributed by atoms with Gasteiger partial charge in [-0.15, -0.1) is 46.7 Å². The summed E-state index contributed by atoms with van der Waals surface area (Å²) in [7, 11) is -3.43. The van der Waals surface area contributed by atoms with Gasteiger partial charge in [0.25, 0.3) is 0 Å². The van der Waals surface area contributed by atoms with E-state index in [0.29, 0.717) is 16.7 Å². The molecule has 2 rings (SSSR count). The number of nitrogens with zero attached hydrogens (tertiary/aromatic N) is 2. The number of aliphatic imine (C=N–C) groups is 1. The lowest BCUT2D eigenvalue weighted by Crippen LogP contribution is -2.39. The Hall–Kier alpha value is -0.760. The molecule has 0 unspecified atom stereocenters. The van der Waals surface area contributed by atoms with E-state index in [1.807, 2.05) is 20.0 Å². The smallest absolute Gasteiger partial charge is 0.250 e. The van der Waals surface area contributed by atoms with E-state index in [0.717, 1.165) is 24.5 Å². The lowest BCUT2D eigenvalue weighted by molar-refractivity contribution is 0.584. The van der Waals surface area contributed by atoms with Gasteiger partial charge in [0, 0.05) is 37.1 Å². The first-order valence-corrected chi connectivity index (χ1v) is 11.2. The van der Waals surface area contributed by atoms with E-state index in [9.17, 15) is 8.42 Å². The minimum atomic E-state index is -3.43. The van der Waals surface area contributed by atoms with Crippen molar-refractivity contribution in [2.45, 2.75) is 24.5 Å². The minimum absolute atomic E-state index is 0. The summed E-state index contributed by atoms with van der Waals surface area (Å²) in [6.07, 6.45) is 2.70. The average molecular weight is 529 g/mol. The Balaban J connectivity index is 0.00000338. The molecular weight excluding hydrogens is 505 g/mol. The number of thiophene rings is 1. The number of hydrogen-bond donors (Lipinski definition) is 3. The van der Waals surface area contributed by atoms with Crippen molar-refractivity contribution in [3.05, 3.63) is 33.6 Å². The summed E-state index contributed by atoms with van der Waals surface area (Å²) in [6, 6.07) is 3.30. The normalized spacial score (nSPS) is 11.8. The molecule has 2 heterocycles. The second-order valence-corrected chi connectivity index (χ2v) is 9.39. The summed E-state index contributed by atoms with van der Waals surface area (Å²) in [5, 5.41) is 9.21. The Kier molecular flexibility index (Phi) is 10.6. The summed E-state index contributed by atoms with van der Waals surface area (Å²) in [5.41, 5.74) is 0. The number of aryl methyl sites for hydroxylation is 1. The molecule has 0 radical (unpaired) electrons. The fourth-order valence-corrected chi connectivity index (χ4v) is 4.83. The third-order valence-corrected chi connectivity index (χ3v) is 6.91. The molecule has 0 aliphatic rings. The van der Waals surface area contributed by atoms with Crippen LogP contribution in [0.4, 0.5) is 0 Å². The molecular formula is C15H24IN5O2S3. The Morgan fingerprint density at radius 2 is 2.12 bits per heavy atom. The molecule has 0 amide bonds. The maximum Gasteiger partial charge on any atom is 0.250 e. The zero-order valence-electron chi connectivity index (χ0n) is 14.7. The molecule has 26 heavy (non-hydrogen) atoms. The maximum absolute atomic E-state index is 12.0. The molecule has 2 aromatic heterocycles. The zero-order chi connectivity index (χ0) is 18.1. The van der Waals surface area contributed by atoms with E-state index >= 15 is 0 Å². The zero-order valence-corrected chi connectivity index (χ0v) is 19.5. The predicted molar refractivity (Wildman–Crippen MR) is 119 cm³/mol. The Morgan fingerprint density at radius 1 is 1.31 bits per heavy atom. The van der Waals surface area contributed by atoms with Gasteiger partial charge in [-0.25, -0.2) is 18.1 Å². The van der Waals surface area contributed by atoms with Gasteiger partial charge >= 0.3 is 0 Å². The molecule has 0 spiro atoms. The molecule has 0 fully saturated rings. The summed E-state index contributed by atoms with van der Waals surface area (Å²) in [4.78, 5) is 9.92. The molecule has 7 nitrogen and oxygen atoms in total. The van der Waals surface area contributed by atoms with Crippen LogP contribution in [0.3, 0.4) is 0 Å². The molecule has 0 saturated carbocycles. The maximum atomic E-state index is 12.0. The first kappa shape index (κ1) is 23.3. The van der Waals surface area contributed by atoms with E-state index in [1.54, 1.807) is 28.8 Å². The second-order valence-electron chi connectivity index (χ2n) is 5.13. The molecule has 0 atom stereocenters. The number of thiazole rings is 1. The summed E-state index contributed by atoms with van der Waals surface area (Å²) in [5.74, 6) is 0.672. The van der Waals surface area contributed by atoms with E-state index in [-0.39, 0.29) is 30.5 Å². The van der Waals surface area contributed by atoms with Gasteiger partial charge < -0.3 is 10.6 Å². The topological polar surface area (TPSA) is 95.5 Å². The second kappa shape index (κ2) is 11.8. The highest BCUT2D eigenvalue weighted by Crippen LogP contribution is 2.14. The number of guanidine groups is 1. The minimum Gasteiger partial charge on any atom is -0.357 e. The van der Waals surface area contributed by atoms with Crippen LogP contribution in [0, 0.1) is 6.92 Å². The van der Waals surface area contributed by atoms with Crippen LogP contribution in [0.25, 0.3) is 0 Å². The third-order valence-electron chi connectivity index (χ3n) is 3.08. The van der Waals surface area contributed by atoms with Crippen molar-refractivity contribution in [1.82, 2.24) is 20.3 Å². The quantitative estimate of drug-likeness (QED) is 0.201. The van der Waals surface area contributed by atoms with Crippen LogP contribution in [0.2, 0.25) is 0 Å². The van der Waals surface area contributed by atoms with Gasteiger partial charge in [-0.3, -0.25) is 4.99 Å². The highest BCUT2D eigenvalue weighted by atomic mass is 127. The molecule has 0 aromatic carbocycles. The van der Waals surface area contributed by atoms with Crippen molar-refractivity contribution in [3.63, 3.8) is 0 Å². The highest BCUT2D eigenvalue weighted by molar-refractivity contribution is 14.0. The van der Waals surface area contributed by atoms with Gasteiger partial charge in [-0.2, -0.15) is 0 Å². The molecule has 0 aliphatic heterocycles. The number of nitrogens with one attached hydrogen (secondary N) is 3. The first-order valence-electron chi connectivity index (χ1n) is 7.98. The number of rotatable bonds is 9. The van der Waals surface area contributed by atoms with Gasteiger partial charge in [0.05, 0.1) is 11.6 Å². The summed E-state index contributed by atoms with van der Waals surface area (Å²) < 4.78 is 26.9. The summed E-state index contributed by atoms with van der Waals surface area (Å²) >= 11 is 2.89. The van der Waals surface area contributed by atoms with Crippen LogP contribution in [0.15, 0.2) is 32.9 Å². The predicted octanol–water partition coefficient (Wildman–Crippen LogP) is 2.21. The van der Waals surface area contributed by atoms with Crippen molar-refractivity contribution < 1.29 is 8.42 Å². The van der Waals surface area contributed by atoms with Crippen LogP contribution >= 0.6 is 46.7 Å². The van der Waals surface area contributed by atoms with Crippen molar-refractivity contribution in [2.75, 3.05) is 26.2 Å². The molecule has 0 saturated heterocycles. The van der Waals surface area contributed by atoms with E-state index in [4.69, 9.17) is 0 Å². The number of aromatic nitrogens is 1. The van der Waals surface area contributed by atoms with Crippen molar-refractivity contribution >= 4 is 62.6 Å². The molecule has 11 heteroatoms. The molecule has 0 aliphatic carbocycles. The first-order chi connectivity index (χ1) is 12.0. The lowest BCUT2D eigenvalue weighted by atomic mass is 10.4. The lowest BCUT2D eigenvalue weighted by Gasteiger charge is -2.10. The Morgan fingerprint density at radius 3 is 2.73 bits per heavy atom. The van der Waals surface area contributed by atoms with E-state index < -0.39 is 10.0 Å². The standard InChI is InChI=1S/C15H23N5O2S3.HI/c1-3-16-15(17-7-6-13-19-11-12(2)24-13)18-8-9-20-25(21,22)14-5-4-10-23-14;/h4-5,10-11,20H,3,6-9H2,1-2H3,(H2,16,17,18);1H. The van der Waals surface area contributed by atoms with Crippen molar-refractivity contribution in [2.24, 2.45) is 4.99 Å². The fourth-order valence-electron chi connectivity index (χ4n) is 1.98. The van der Waals surface area contributed by atoms with Crippen LogP contribution in [0.5, 0.6) is 0 Å².